The molecule has 1 unspecified atom stereocenters. The Morgan fingerprint density at radius 3 is 2.43 bits per heavy atom. The second kappa shape index (κ2) is 1.46. The molecule has 1 saturated heterocycles. The van der Waals surface area contributed by atoms with Gasteiger partial charge in [0.2, 0.25) is 0 Å². The first kappa shape index (κ1) is 5.06. The molecule has 2 N–H and O–H groups in total. The molecule has 1 aliphatic heterocycles. The largest absolute Gasteiger partial charge is 0.394 e. The van der Waals surface area contributed by atoms with Crippen molar-refractivity contribution in [1.82, 2.24) is 5.32 Å². The van der Waals surface area contributed by atoms with Crippen LogP contribution < -0.4 is 5.32 Å². The second-order valence-corrected chi connectivity index (χ2v) is 2.15. The van der Waals surface area contributed by atoms with Crippen molar-refractivity contribution in [3.63, 3.8) is 0 Å². The van der Waals surface area contributed by atoms with Crippen LogP contribution in [-0.2, 0) is 0 Å². The molecule has 0 aliphatic carbocycles. The van der Waals surface area contributed by atoms with E-state index < -0.39 is 0 Å². The van der Waals surface area contributed by atoms with E-state index in [-0.39, 0.29) is 5.54 Å². The van der Waals surface area contributed by atoms with Gasteiger partial charge in [-0.3, -0.25) is 0 Å². The Kier molecular flexibility index (Phi) is 1.05. The summed E-state index contributed by atoms with van der Waals surface area (Å²) >= 11 is 0. The molecule has 0 aromatic rings. The maximum absolute atomic E-state index is 8.59. The van der Waals surface area contributed by atoms with Crippen molar-refractivity contribution < 1.29 is 5.11 Å². The SMILES string of the molecule is CCC1(CO)CN1. The number of hydrogen-bond acceptors (Lipinski definition) is 2. The molecule has 0 spiro atoms. The van der Waals surface area contributed by atoms with Gasteiger partial charge in [0, 0.05) is 6.54 Å². The minimum absolute atomic E-state index is 0.139. The lowest BCUT2D eigenvalue weighted by Crippen LogP contribution is -2.18. The summed E-state index contributed by atoms with van der Waals surface area (Å²) in [5.41, 5.74) is 0.139. The molecule has 1 aliphatic rings. The van der Waals surface area contributed by atoms with Crippen LogP contribution in [0.5, 0.6) is 0 Å². The highest BCUT2D eigenvalue weighted by Gasteiger charge is 2.38. The molecule has 0 bridgehead atoms. The lowest BCUT2D eigenvalue weighted by atomic mass is 10.1. The van der Waals surface area contributed by atoms with Crippen LogP contribution in [0.25, 0.3) is 0 Å². The quantitative estimate of drug-likeness (QED) is 0.470. The van der Waals surface area contributed by atoms with E-state index in [1.165, 1.54) is 0 Å². The highest BCUT2D eigenvalue weighted by atomic mass is 16.3. The summed E-state index contributed by atoms with van der Waals surface area (Å²) in [5.74, 6) is 0. The molecular weight excluding hydrogens is 90.1 g/mol. The fourth-order valence-electron chi connectivity index (χ4n) is 0.599. The van der Waals surface area contributed by atoms with Crippen LogP contribution in [0, 0.1) is 0 Å². The third-order valence-corrected chi connectivity index (χ3v) is 1.66. The van der Waals surface area contributed by atoms with Crippen LogP contribution in [0.2, 0.25) is 0 Å². The van der Waals surface area contributed by atoms with E-state index in [0.29, 0.717) is 6.61 Å². The van der Waals surface area contributed by atoms with E-state index in [4.69, 9.17) is 5.11 Å². The molecule has 1 fully saturated rings. The molecule has 0 aromatic heterocycles. The van der Waals surface area contributed by atoms with E-state index >= 15 is 0 Å². The van der Waals surface area contributed by atoms with Crippen molar-refractivity contribution in [2.45, 2.75) is 18.9 Å². The Balaban J connectivity index is 2.28. The van der Waals surface area contributed by atoms with Crippen LogP contribution in [0.4, 0.5) is 0 Å². The van der Waals surface area contributed by atoms with Crippen LogP contribution in [0.15, 0.2) is 0 Å². The summed E-state index contributed by atoms with van der Waals surface area (Å²) in [7, 11) is 0. The monoisotopic (exact) mass is 101 g/mol. The highest BCUT2D eigenvalue weighted by Crippen LogP contribution is 2.18. The van der Waals surface area contributed by atoms with Gasteiger partial charge in [-0.15, -0.1) is 0 Å². The molecule has 1 atom stereocenters. The van der Waals surface area contributed by atoms with Gasteiger partial charge in [0.25, 0.3) is 0 Å². The summed E-state index contributed by atoms with van der Waals surface area (Å²) < 4.78 is 0. The zero-order chi connectivity index (χ0) is 5.33. The van der Waals surface area contributed by atoms with E-state index in [9.17, 15) is 0 Å². The van der Waals surface area contributed by atoms with Crippen molar-refractivity contribution in [2.24, 2.45) is 0 Å². The first-order valence-electron chi connectivity index (χ1n) is 2.69. The molecule has 0 saturated carbocycles. The Morgan fingerprint density at radius 2 is 2.43 bits per heavy atom. The predicted molar refractivity (Wildman–Crippen MR) is 28.1 cm³/mol. The average Bonchev–Trinajstić information content (AvgIpc) is 2.46. The lowest BCUT2D eigenvalue weighted by Gasteiger charge is -2.01. The van der Waals surface area contributed by atoms with Crippen molar-refractivity contribution in [2.75, 3.05) is 13.2 Å². The van der Waals surface area contributed by atoms with Gasteiger partial charge in [-0.25, -0.2) is 0 Å². The van der Waals surface area contributed by atoms with Gasteiger partial charge >= 0.3 is 0 Å². The minimum Gasteiger partial charge on any atom is -0.394 e. The first-order chi connectivity index (χ1) is 3.33. The van der Waals surface area contributed by atoms with Crippen LogP contribution in [-0.4, -0.2) is 23.8 Å². The third-order valence-electron chi connectivity index (χ3n) is 1.66. The molecule has 2 heteroatoms. The maximum Gasteiger partial charge on any atom is 0.0625 e. The second-order valence-electron chi connectivity index (χ2n) is 2.15. The summed E-state index contributed by atoms with van der Waals surface area (Å²) in [5, 5.41) is 11.7. The van der Waals surface area contributed by atoms with Gasteiger partial charge in [0.05, 0.1) is 12.1 Å². The number of hydrogen-bond donors (Lipinski definition) is 2. The molecule has 1 rings (SSSR count). The van der Waals surface area contributed by atoms with Gasteiger partial charge in [-0.1, -0.05) is 6.92 Å². The van der Waals surface area contributed by atoms with Gasteiger partial charge in [-0.2, -0.15) is 0 Å². The summed E-state index contributed by atoms with van der Waals surface area (Å²) in [6.07, 6.45) is 1.05. The minimum atomic E-state index is 0.139. The van der Waals surface area contributed by atoms with E-state index in [2.05, 4.69) is 12.2 Å². The lowest BCUT2D eigenvalue weighted by molar-refractivity contribution is 0.248. The molecule has 42 valence electrons. The first-order valence-corrected chi connectivity index (χ1v) is 2.69. The summed E-state index contributed by atoms with van der Waals surface area (Å²) in [6.45, 7) is 3.37. The molecule has 7 heavy (non-hydrogen) atoms. The fourth-order valence-corrected chi connectivity index (χ4v) is 0.599. The Labute approximate surface area is 43.5 Å². The van der Waals surface area contributed by atoms with Gasteiger partial charge in [-0.05, 0) is 6.42 Å². The predicted octanol–water partition coefficient (Wildman–Crippen LogP) is -0.269. The molecule has 2 nitrogen and oxygen atoms in total. The summed E-state index contributed by atoms with van der Waals surface area (Å²) in [4.78, 5) is 0. The van der Waals surface area contributed by atoms with Gasteiger partial charge < -0.3 is 10.4 Å². The molecule has 0 amide bonds. The number of rotatable bonds is 2. The van der Waals surface area contributed by atoms with Gasteiger partial charge in [0.1, 0.15) is 0 Å². The Bertz CT molecular complexity index is 62.5. The number of aliphatic hydroxyl groups is 1. The van der Waals surface area contributed by atoms with Crippen molar-refractivity contribution in [1.29, 1.82) is 0 Å². The zero-order valence-electron chi connectivity index (χ0n) is 4.57. The van der Waals surface area contributed by atoms with E-state index in [0.717, 1.165) is 13.0 Å². The van der Waals surface area contributed by atoms with Crippen molar-refractivity contribution in [3.8, 4) is 0 Å². The molecule has 0 aromatic carbocycles. The Morgan fingerprint density at radius 1 is 1.86 bits per heavy atom. The normalized spacial score (nSPS) is 38.6. The zero-order valence-corrected chi connectivity index (χ0v) is 4.57. The van der Waals surface area contributed by atoms with Crippen LogP contribution in [0.3, 0.4) is 0 Å². The number of aliphatic hydroxyl groups excluding tert-OH is 1. The smallest absolute Gasteiger partial charge is 0.0625 e. The summed E-state index contributed by atoms with van der Waals surface area (Å²) in [6, 6.07) is 0. The van der Waals surface area contributed by atoms with E-state index in [1.807, 2.05) is 0 Å². The number of nitrogens with one attached hydrogen (secondary N) is 1. The Hall–Kier alpha value is -0.0800. The molecule has 1 heterocycles. The molecule has 0 radical (unpaired) electrons. The fraction of sp³-hybridized carbons (Fsp3) is 1.00. The van der Waals surface area contributed by atoms with Crippen LogP contribution in [0.1, 0.15) is 13.3 Å². The van der Waals surface area contributed by atoms with Crippen molar-refractivity contribution >= 4 is 0 Å². The third kappa shape index (κ3) is 0.763. The van der Waals surface area contributed by atoms with E-state index in [1.54, 1.807) is 0 Å². The van der Waals surface area contributed by atoms with Crippen molar-refractivity contribution in [3.05, 3.63) is 0 Å². The van der Waals surface area contributed by atoms with Gasteiger partial charge in [0.15, 0.2) is 0 Å². The van der Waals surface area contributed by atoms with Crippen LogP contribution >= 0.6 is 0 Å². The average molecular weight is 101 g/mol. The molecular formula is C5H11NO. The highest BCUT2D eigenvalue weighted by molar-refractivity contribution is 5.01. The standard InChI is InChI=1S/C5H11NO/c1-2-5(4-7)3-6-5/h6-7H,2-4H2,1H3. The maximum atomic E-state index is 8.59. The topological polar surface area (TPSA) is 42.2 Å².